The maximum Gasteiger partial charge on any atom is 0.0299 e. The first-order chi connectivity index (χ1) is 13.8. The maximum absolute atomic E-state index is 2.79. The van der Waals surface area contributed by atoms with Crippen molar-refractivity contribution in [1.29, 1.82) is 0 Å². The van der Waals surface area contributed by atoms with Crippen molar-refractivity contribution in [3.05, 3.63) is 28.8 Å². The molecular weight excluding hydrogens is 372 g/mol. The number of benzene rings is 1. The van der Waals surface area contributed by atoms with Crippen LogP contribution in [-0.2, 0) is 0 Å². The minimum Gasteiger partial charge on any atom is -0.300 e. The van der Waals surface area contributed by atoms with Crippen LogP contribution < -0.4 is 0 Å². The minimum atomic E-state index is 0.571. The Morgan fingerprint density at radius 2 is 1.28 bits per heavy atom. The Bertz CT molecular complexity index is 622. The summed E-state index contributed by atoms with van der Waals surface area (Å²) in [5, 5.41) is 0. The molecular formula is C26H44N2S. The molecule has 3 heteroatoms. The molecule has 2 heterocycles. The fourth-order valence-electron chi connectivity index (χ4n) is 4.82. The molecule has 0 unspecified atom stereocenters. The molecule has 0 bridgehead atoms. The van der Waals surface area contributed by atoms with E-state index in [4.69, 9.17) is 0 Å². The van der Waals surface area contributed by atoms with Gasteiger partial charge in [0.2, 0.25) is 0 Å². The van der Waals surface area contributed by atoms with Crippen LogP contribution in [0.4, 0.5) is 0 Å². The van der Waals surface area contributed by atoms with Crippen molar-refractivity contribution in [2.24, 2.45) is 5.92 Å². The van der Waals surface area contributed by atoms with Crippen LogP contribution in [0.15, 0.2) is 17.0 Å². The van der Waals surface area contributed by atoms with E-state index in [9.17, 15) is 0 Å². The number of rotatable bonds is 6. The van der Waals surface area contributed by atoms with Gasteiger partial charge in [0.25, 0.3) is 0 Å². The first-order valence-electron chi connectivity index (χ1n) is 12.1. The van der Waals surface area contributed by atoms with Gasteiger partial charge in [-0.1, -0.05) is 60.6 Å². The summed E-state index contributed by atoms with van der Waals surface area (Å²) in [6, 6.07) is 5.80. The molecule has 0 amide bonds. The molecule has 2 saturated heterocycles. The second-order valence-electron chi connectivity index (χ2n) is 10.5. The van der Waals surface area contributed by atoms with Crippen molar-refractivity contribution < 1.29 is 0 Å². The van der Waals surface area contributed by atoms with Crippen molar-refractivity contribution in [1.82, 2.24) is 9.21 Å². The van der Waals surface area contributed by atoms with Gasteiger partial charge in [-0.2, -0.15) is 0 Å². The molecule has 1 aromatic rings. The van der Waals surface area contributed by atoms with Crippen molar-refractivity contribution in [2.75, 3.05) is 26.2 Å². The fraction of sp³-hybridized carbons (Fsp3) is 0.769. The summed E-state index contributed by atoms with van der Waals surface area (Å²) in [5.74, 6) is 2.66. The van der Waals surface area contributed by atoms with Gasteiger partial charge in [0.15, 0.2) is 0 Å². The van der Waals surface area contributed by atoms with Crippen LogP contribution in [0.2, 0.25) is 0 Å². The van der Waals surface area contributed by atoms with Gasteiger partial charge in [-0.3, -0.25) is 0 Å². The first-order valence-corrected chi connectivity index (χ1v) is 12.9. The topological polar surface area (TPSA) is 6.48 Å². The average Bonchev–Trinajstić information content (AvgIpc) is 2.68. The highest BCUT2D eigenvalue weighted by molar-refractivity contribution is 7.97. The maximum atomic E-state index is 2.79. The van der Waals surface area contributed by atoms with E-state index in [1.165, 1.54) is 57.4 Å². The van der Waals surface area contributed by atoms with E-state index in [-0.39, 0.29) is 0 Å². The quantitative estimate of drug-likeness (QED) is 0.451. The summed E-state index contributed by atoms with van der Waals surface area (Å²) in [7, 11) is 0. The molecule has 0 atom stereocenters. The Labute approximate surface area is 184 Å². The van der Waals surface area contributed by atoms with Gasteiger partial charge < -0.3 is 4.90 Å². The second-order valence-corrected chi connectivity index (χ2v) is 11.6. The molecule has 2 aliphatic heterocycles. The number of hydrogen-bond acceptors (Lipinski definition) is 3. The molecule has 2 aliphatic rings. The van der Waals surface area contributed by atoms with Crippen LogP contribution in [0.1, 0.15) is 109 Å². The van der Waals surface area contributed by atoms with Gasteiger partial charge in [-0.15, -0.1) is 0 Å². The monoisotopic (exact) mass is 416 g/mol. The lowest BCUT2D eigenvalue weighted by molar-refractivity contribution is 0.103. The molecule has 1 aromatic carbocycles. The highest BCUT2D eigenvalue weighted by Crippen LogP contribution is 2.40. The van der Waals surface area contributed by atoms with E-state index < -0.39 is 0 Å². The molecule has 0 saturated carbocycles. The second kappa shape index (κ2) is 10.2. The highest BCUT2D eigenvalue weighted by atomic mass is 32.2. The molecule has 0 radical (unpaired) electrons. The summed E-state index contributed by atoms with van der Waals surface area (Å²) in [4.78, 5) is 4.34. The van der Waals surface area contributed by atoms with Crippen LogP contribution in [0.5, 0.6) is 0 Å². The predicted octanol–water partition coefficient (Wildman–Crippen LogP) is 7.26. The van der Waals surface area contributed by atoms with Gasteiger partial charge in [0.1, 0.15) is 0 Å². The van der Waals surface area contributed by atoms with Crippen LogP contribution in [0.3, 0.4) is 0 Å². The summed E-state index contributed by atoms with van der Waals surface area (Å²) >= 11 is 2.06. The normalized spacial score (nSPS) is 21.0. The third kappa shape index (κ3) is 5.80. The van der Waals surface area contributed by atoms with Gasteiger partial charge in [0, 0.05) is 24.0 Å². The standard InChI is InChI=1S/C26H44N2S/c1-18(2)22-16-24(19(3)4)26(25(17-22)20(5)6)29-28-14-10-23(11-15-28)27-12-8-21(7)9-13-27/h16-21,23H,8-15H2,1-7H3. The molecule has 0 spiro atoms. The summed E-state index contributed by atoms with van der Waals surface area (Å²) in [5.41, 5.74) is 4.61. The molecule has 2 nitrogen and oxygen atoms in total. The Morgan fingerprint density at radius 3 is 1.72 bits per heavy atom. The van der Waals surface area contributed by atoms with Crippen LogP contribution in [-0.4, -0.2) is 41.4 Å². The summed E-state index contributed by atoms with van der Waals surface area (Å²) < 4.78 is 2.66. The minimum absolute atomic E-state index is 0.571. The average molecular weight is 417 g/mol. The van der Waals surface area contributed by atoms with E-state index in [1.807, 2.05) is 0 Å². The highest BCUT2D eigenvalue weighted by Gasteiger charge is 2.28. The zero-order chi connectivity index (χ0) is 21.1. The number of likely N-dealkylation sites (tertiary alicyclic amines) is 1. The van der Waals surface area contributed by atoms with E-state index in [1.54, 1.807) is 16.0 Å². The van der Waals surface area contributed by atoms with Gasteiger partial charge in [-0.05, 0) is 91.1 Å². The van der Waals surface area contributed by atoms with E-state index in [0.29, 0.717) is 17.8 Å². The zero-order valence-corrected chi connectivity index (χ0v) is 20.8. The van der Waals surface area contributed by atoms with Crippen LogP contribution in [0, 0.1) is 5.92 Å². The van der Waals surface area contributed by atoms with Crippen molar-refractivity contribution in [2.45, 2.75) is 103 Å². The number of nitrogens with zero attached hydrogens (tertiary/aromatic N) is 2. The number of hydrogen-bond donors (Lipinski definition) is 0. The Kier molecular flexibility index (Phi) is 8.14. The lowest BCUT2D eigenvalue weighted by atomic mass is 9.89. The molecule has 2 fully saturated rings. The Morgan fingerprint density at radius 1 is 0.759 bits per heavy atom. The van der Waals surface area contributed by atoms with Crippen molar-refractivity contribution >= 4 is 11.9 Å². The molecule has 0 aromatic heterocycles. The largest absolute Gasteiger partial charge is 0.300 e. The van der Waals surface area contributed by atoms with Crippen LogP contribution in [0.25, 0.3) is 0 Å². The van der Waals surface area contributed by atoms with Crippen molar-refractivity contribution in [3.8, 4) is 0 Å². The fourth-order valence-corrected chi connectivity index (χ4v) is 6.27. The van der Waals surface area contributed by atoms with Gasteiger partial charge in [0.05, 0.1) is 0 Å². The van der Waals surface area contributed by atoms with Crippen LogP contribution >= 0.6 is 11.9 Å². The number of piperidine rings is 2. The van der Waals surface area contributed by atoms with Crippen molar-refractivity contribution in [3.63, 3.8) is 0 Å². The summed E-state index contributed by atoms with van der Waals surface area (Å²) in [6.45, 7) is 21.6. The third-order valence-electron chi connectivity index (χ3n) is 7.06. The van der Waals surface area contributed by atoms with E-state index >= 15 is 0 Å². The lowest BCUT2D eigenvalue weighted by Crippen LogP contribution is -2.46. The third-order valence-corrected chi connectivity index (χ3v) is 8.34. The Balaban J connectivity index is 1.71. The van der Waals surface area contributed by atoms with Gasteiger partial charge in [-0.25, -0.2) is 4.31 Å². The van der Waals surface area contributed by atoms with Gasteiger partial charge >= 0.3 is 0 Å². The molecule has 0 N–H and O–H groups in total. The molecule has 164 valence electrons. The molecule has 3 rings (SSSR count). The summed E-state index contributed by atoms with van der Waals surface area (Å²) in [6.07, 6.45) is 5.46. The molecule has 0 aliphatic carbocycles. The van der Waals surface area contributed by atoms with E-state index in [2.05, 4.69) is 81.8 Å². The predicted molar refractivity (Wildman–Crippen MR) is 129 cm³/mol. The molecule has 29 heavy (non-hydrogen) atoms. The Hall–Kier alpha value is -0.510. The van der Waals surface area contributed by atoms with E-state index in [0.717, 1.165) is 12.0 Å². The zero-order valence-electron chi connectivity index (χ0n) is 20.0. The first kappa shape index (κ1) is 23.2. The smallest absolute Gasteiger partial charge is 0.0299 e. The lowest BCUT2D eigenvalue weighted by Gasteiger charge is -2.41. The SMILES string of the molecule is CC1CCN(C2CCN(Sc3c(C(C)C)cc(C(C)C)cc3C(C)C)CC2)CC1.